The molecule has 1 aromatic rings. The lowest BCUT2D eigenvalue weighted by molar-refractivity contribution is -0.141. The Balaban J connectivity index is 3.02. The van der Waals surface area contributed by atoms with Crippen molar-refractivity contribution in [2.24, 2.45) is 0 Å². The van der Waals surface area contributed by atoms with Gasteiger partial charge in [-0.05, 0) is 13.3 Å². The van der Waals surface area contributed by atoms with E-state index >= 15 is 0 Å². The second-order valence-electron chi connectivity index (χ2n) is 3.16. The summed E-state index contributed by atoms with van der Waals surface area (Å²) >= 11 is 0. The van der Waals surface area contributed by atoms with Crippen LogP contribution in [-0.2, 0) is 12.7 Å². The zero-order valence-electron chi connectivity index (χ0n) is 8.17. The fraction of sp³-hybridized carbons (Fsp3) is 0.625. The Bertz CT molecular complexity index is 346. The van der Waals surface area contributed by atoms with Crippen molar-refractivity contribution in [2.45, 2.75) is 26.1 Å². The fourth-order valence-corrected chi connectivity index (χ4v) is 1.22. The molecule has 0 bridgehead atoms. The van der Waals surface area contributed by atoms with Crippen LogP contribution in [0.2, 0.25) is 0 Å². The Morgan fingerprint density at radius 3 is 2.47 bits per heavy atom. The van der Waals surface area contributed by atoms with Crippen molar-refractivity contribution in [3.05, 3.63) is 11.3 Å². The number of aliphatic hydroxyl groups is 1. The molecule has 0 fully saturated rings. The molecule has 0 aliphatic rings. The molecule has 15 heavy (non-hydrogen) atoms. The number of rotatable bonds is 3. The molecular formula is C8H12F3N3O. The molecule has 0 radical (unpaired) electrons. The molecule has 1 heterocycles. The van der Waals surface area contributed by atoms with Crippen LogP contribution in [-0.4, -0.2) is 21.5 Å². The largest absolute Gasteiger partial charge is 0.435 e. The minimum Gasteiger partial charge on any atom is -0.396 e. The van der Waals surface area contributed by atoms with E-state index in [0.29, 0.717) is 6.42 Å². The van der Waals surface area contributed by atoms with E-state index < -0.39 is 11.9 Å². The van der Waals surface area contributed by atoms with Crippen molar-refractivity contribution in [3.8, 4) is 0 Å². The number of halogens is 3. The summed E-state index contributed by atoms with van der Waals surface area (Å²) in [5.74, 6) is -0.00391. The van der Waals surface area contributed by atoms with E-state index in [1.165, 1.54) is 6.92 Å². The maximum atomic E-state index is 12.4. The third-order valence-corrected chi connectivity index (χ3v) is 2.03. The first-order valence-corrected chi connectivity index (χ1v) is 4.39. The SMILES string of the molecule is Cc1c(C(F)(F)F)nn(CCCO)c1N. The van der Waals surface area contributed by atoms with Crippen LogP contribution in [0.1, 0.15) is 17.7 Å². The summed E-state index contributed by atoms with van der Waals surface area (Å²) < 4.78 is 38.2. The van der Waals surface area contributed by atoms with Crippen molar-refractivity contribution in [3.63, 3.8) is 0 Å². The van der Waals surface area contributed by atoms with Gasteiger partial charge in [0.15, 0.2) is 5.69 Å². The molecule has 4 nitrogen and oxygen atoms in total. The van der Waals surface area contributed by atoms with Crippen LogP contribution in [0.3, 0.4) is 0 Å². The summed E-state index contributed by atoms with van der Waals surface area (Å²) in [5, 5.41) is 11.9. The molecule has 0 atom stereocenters. The molecular weight excluding hydrogens is 211 g/mol. The number of hydrogen-bond acceptors (Lipinski definition) is 3. The van der Waals surface area contributed by atoms with Gasteiger partial charge in [0, 0.05) is 18.7 Å². The highest BCUT2D eigenvalue weighted by atomic mass is 19.4. The van der Waals surface area contributed by atoms with E-state index in [-0.39, 0.29) is 24.5 Å². The van der Waals surface area contributed by atoms with Gasteiger partial charge < -0.3 is 10.8 Å². The molecule has 0 aliphatic heterocycles. The predicted molar refractivity (Wildman–Crippen MR) is 48.1 cm³/mol. The number of hydrogen-bond donors (Lipinski definition) is 2. The Morgan fingerprint density at radius 2 is 2.07 bits per heavy atom. The van der Waals surface area contributed by atoms with Gasteiger partial charge in [0.25, 0.3) is 0 Å². The Morgan fingerprint density at radius 1 is 1.47 bits per heavy atom. The lowest BCUT2D eigenvalue weighted by atomic mass is 10.2. The molecule has 86 valence electrons. The summed E-state index contributed by atoms with van der Waals surface area (Å²) in [4.78, 5) is 0. The molecule has 0 saturated heterocycles. The minimum absolute atomic E-state index is 0.00391. The second-order valence-corrected chi connectivity index (χ2v) is 3.16. The van der Waals surface area contributed by atoms with Gasteiger partial charge in [0.05, 0.1) is 0 Å². The van der Waals surface area contributed by atoms with Crippen LogP contribution >= 0.6 is 0 Å². The molecule has 3 N–H and O–H groups in total. The summed E-state index contributed by atoms with van der Waals surface area (Å²) in [7, 11) is 0. The van der Waals surface area contributed by atoms with Crippen LogP contribution in [0.15, 0.2) is 0 Å². The van der Waals surface area contributed by atoms with Crippen molar-refractivity contribution in [2.75, 3.05) is 12.3 Å². The predicted octanol–water partition coefficient (Wildman–Crippen LogP) is 1.17. The van der Waals surface area contributed by atoms with E-state index in [2.05, 4.69) is 5.10 Å². The van der Waals surface area contributed by atoms with Crippen LogP contribution in [0.4, 0.5) is 19.0 Å². The number of alkyl halides is 3. The molecule has 0 spiro atoms. The van der Waals surface area contributed by atoms with E-state index in [1.54, 1.807) is 0 Å². The molecule has 0 aromatic carbocycles. The average Bonchev–Trinajstić information content (AvgIpc) is 2.41. The summed E-state index contributed by atoms with van der Waals surface area (Å²) in [5.41, 5.74) is 4.43. The maximum Gasteiger partial charge on any atom is 0.435 e. The van der Waals surface area contributed by atoms with Crippen LogP contribution in [0, 0.1) is 6.92 Å². The first-order valence-electron chi connectivity index (χ1n) is 4.39. The van der Waals surface area contributed by atoms with Gasteiger partial charge in [-0.1, -0.05) is 0 Å². The van der Waals surface area contributed by atoms with Gasteiger partial charge in [-0.3, -0.25) is 0 Å². The average molecular weight is 223 g/mol. The third kappa shape index (κ3) is 2.41. The number of aryl methyl sites for hydroxylation is 1. The molecule has 1 aromatic heterocycles. The fourth-order valence-electron chi connectivity index (χ4n) is 1.22. The molecule has 0 amide bonds. The topological polar surface area (TPSA) is 64.1 Å². The molecule has 0 saturated carbocycles. The quantitative estimate of drug-likeness (QED) is 0.808. The minimum atomic E-state index is -4.48. The van der Waals surface area contributed by atoms with Crippen molar-refractivity contribution >= 4 is 5.82 Å². The monoisotopic (exact) mass is 223 g/mol. The standard InChI is InChI=1S/C8H12F3N3O/c1-5-6(8(9,10)11)13-14(7(5)12)3-2-4-15/h15H,2-4,12H2,1H3. The molecule has 0 aliphatic carbocycles. The van der Waals surface area contributed by atoms with Crippen molar-refractivity contribution in [1.82, 2.24) is 9.78 Å². The highest BCUT2D eigenvalue weighted by molar-refractivity contribution is 5.43. The highest BCUT2D eigenvalue weighted by Gasteiger charge is 2.37. The van der Waals surface area contributed by atoms with Crippen LogP contribution in [0.5, 0.6) is 0 Å². The first-order chi connectivity index (χ1) is 6.88. The van der Waals surface area contributed by atoms with E-state index in [4.69, 9.17) is 10.8 Å². The maximum absolute atomic E-state index is 12.4. The lowest BCUT2D eigenvalue weighted by Gasteiger charge is -2.02. The van der Waals surface area contributed by atoms with Gasteiger partial charge in [-0.15, -0.1) is 0 Å². The number of aromatic nitrogens is 2. The van der Waals surface area contributed by atoms with Gasteiger partial charge >= 0.3 is 6.18 Å². The molecule has 0 unspecified atom stereocenters. The van der Waals surface area contributed by atoms with E-state index in [9.17, 15) is 13.2 Å². The lowest BCUT2D eigenvalue weighted by Crippen LogP contribution is -2.09. The zero-order chi connectivity index (χ0) is 11.6. The molecule has 7 heteroatoms. The first kappa shape index (κ1) is 11.8. The number of nitrogens with zero attached hydrogens (tertiary/aromatic N) is 2. The van der Waals surface area contributed by atoms with Crippen LogP contribution < -0.4 is 5.73 Å². The van der Waals surface area contributed by atoms with E-state index in [0.717, 1.165) is 4.68 Å². The number of nitrogen functional groups attached to an aromatic ring is 1. The van der Waals surface area contributed by atoms with Crippen molar-refractivity contribution < 1.29 is 18.3 Å². The normalized spacial score (nSPS) is 12.1. The Kier molecular flexibility index (Phi) is 3.23. The Hall–Kier alpha value is -1.24. The van der Waals surface area contributed by atoms with Gasteiger partial charge in [-0.25, -0.2) is 4.68 Å². The number of anilines is 1. The summed E-state index contributed by atoms with van der Waals surface area (Å²) in [6.45, 7) is 1.35. The zero-order valence-corrected chi connectivity index (χ0v) is 8.17. The summed E-state index contributed by atoms with van der Waals surface area (Å²) in [6, 6.07) is 0. The molecule has 1 rings (SSSR count). The summed E-state index contributed by atoms with van der Waals surface area (Å²) in [6.07, 6.45) is -4.16. The third-order valence-electron chi connectivity index (χ3n) is 2.03. The smallest absolute Gasteiger partial charge is 0.396 e. The van der Waals surface area contributed by atoms with Gasteiger partial charge in [0.2, 0.25) is 0 Å². The van der Waals surface area contributed by atoms with Crippen molar-refractivity contribution in [1.29, 1.82) is 0 Å². The van der Waals surface area contributed by atoms with Gasteiger partial charge in [-0.2, -0.15) is 18.3 Å². The Labute approximate surface area is 84.5 Å². The van der Waals surface area contributed by atoms with Gasteiger partial charge in [0.1, 0.15) is 5.82 Å². The highest BCUT2D eigenvalue weighted by Crippen LogP contribution is 2.32. The number of nitrogens with two attached hydrogens (primary N) is 1. The van der Waals surface area contributed by atoms with Crippen LogP contribution in [0.25, 0.3) is 0 Å². The van der Waals surface area contributed by atoms with E-state index in [1.807, 2.05) is 0 Å². The number of aliphatic hydroxyl groups excluding tert-OH is 1. The second kappa shape index (κ2) is 4.09.